The SMILES string of the molecule is COC(=O)C1CCCCNC(=O)OCCCC(/C=C/C(C)C)C(CC(C)C)C(=O)N1. The molecule has 1 aliphatic rings. The summed E-state index contributed by atoms with van der Waals surface area (Å²) in [6.07, 6.45) is 7.75. The standard InChI is InChI=1S/C23H40N2O5/c1-16(2)11-12-18-9-8-14-30-23(28)24-13-7-6-10-20(22(27)29-5)25-21(26)19(18)15-17(3)4/h11-12,16-20H,6-10,13-15H2,1-5H3,(H,24,28)(H,25,26)/b12-11+. The summed E-state index contributed by atoms with van der Waals surface area (Å²) in [7, 11) is 1.33. The van der Waals surface area contributed by atoms with Gasteiger partial charge in [-0.05, 0) is 56.3 Å². The first kappa shape index (κ1) is 26.0. The van der Waals surface area contributed by atoms with Crippen LogP contribution in [0.2, 0.25) is 0 Å². The van der Waals surface area contributed by atoms with Crippen molar-refractivity contribution >= 4 is 18.0 Å². The van der Waals surface area contributed by atoms with Gasteiger partial charge >= 0.3 is 12.1 Å². The van der Waals surface area contributed by atoms with E-state index in [2.05, 4.69) is 50.5 Å². The molecule has 0 aliphatic carbocycles. The van der Waals surface area contributed by atoms with E-state index >= 15 is 0 Å². The number of rotatable bonds is 5. The minimum absolute atomic E-state index is 0.00452. The number of ether oxygens (including phenoxy) is 2. The second kappa shape index (κ2) is 14.0. The summed E-state index contributed by atoms with van der Waals surface area (Å²) in [4.78, 5) is 37.3. The molecule has 172 valence electrons. The number of carbonyl (C=O) groups excluding carboxylic acids is 3. The van der Waals surface area contributed by atoms with Crippen molar-refractivity contribution in [2.24, 2.45) is 23.7 Å². The summed E-state index contributed by atoms with van der Waals surface area (Å²) in [5.41, 5.74) is 0. The van der Waals surface area contributed by atoms with Crippen molar-refractivity contribution in [1.82, 2.24) is 10.6 Å². The summed E-state index contributed by atoms with van der Waals surface area (Å²) < 4.78 is 10.2. The van der Waals surface area contributed by atoms with E-state index in [1.807, 2.05) is 0 Å². The smallest absolute Gasteiger partial charge is 0.407 e. The molecule has 1 rings (SSSR count). The Morgan fingerprint density at radius 3 is 2.53 bits per heavy atom. The number of amides is 2. The highest BCUT2D eigenvalue weighted by atomic mass is 16.5. The molecule has 2 amide bonds. The zero-order valence-electron chi connectivity index (χ0n) is 19.2. The third kappa shape index (κ3) is 10.1. The van der Waals surface area contributed by atoms with Gasteiger partial charge in [0.15, 0.2) is 0 Å². The van der Waals surface area contributed by atoms with Crippen LogP contribution in [0.1, 0.15) is 66.2 Å². The van der Waals surface area contributed by atoms with Crippen molar-refractivity contribution in [1.29, 1.82) is 0 Å². The third-order valence-electron chi connectivity index (χ3n) is 5.23. The molecule has 3 unspecified atom stereocenters. The second-order valence-corrected chi connectivity index (χ2v) is 8.81. The number of hydrogen-bond acceptors (Lipinski definition) is 5. The molecule has 0 aromatic carbocycles. The fourth-order valence-corrected chi connectivity index (χ4v) is 3.65. The molecule has 0 aromatic rings. The molecule has 0 saturated carbocycles. The number of alkyl carbamates (subject to hydrolysis) is 1. The molecule has 0 radical (unpaired) electrons. The van der Waals surface area contributed by atoms with Crippen molar-refractivity contribution < 1.29 is 23.9 Å². The van der Waals surface area contributed by atoms with E-state index in [1.165, 1.54) is 7.11 Å². The van der Waals surface area contributed by atoms with E-state index in [-0.39, 0.29) is 17.7 Å². The molecule has 1 saturated heterocycles. The van der Waals surface area contributed by atoms with Crippen LogP contribution in [-0.4, -0.2) is 44.3 Å². The number of methoxy groups -OCH3 is 1. The van der Waals surface area contributed by atoms with E-state index in [0.29, 0.717) is 57.1 Å². The number of carbonyl (C=O) groups is 3. The van der Waals surface area contributed by atoms with Gasteiger partial charge < -0.3 is 20.1 Å². The van der Waals surface area contributed by atoms with Crippen LogP contribution in [0.15, 0.2) is 12.2 Å². The number of hydrogen-bond donors (Lipinski definition) is 2. The molecular weight excluding hydrogens is 384 g/mol. The normalized spacial score (nSPS) is 25.2. The lowest BCUT2D eigenvalue weighted by Crippen LogP contribution is -2.46. The fourth-order valence-electron chi connectivity index (χ4n) is 3.65. The van der Waals surface area contributed by atoms with Crippen LogP contribution >= 0.6 is 0 Å². The molecule has 0 aromatic heterocycles. The average Bonchev–Trinajstić information content (AvgIpc) is 2.69. The summed E-state index contributed by atoms with van der Waals surface area (Å²) >= 11 is 0. The maximum Gasteiger partial charge on any atom is 0.407 e. The first-order valence-corrected chi connectivity index (χ1v) is 11.2. The Bertz CT molecular complexity index is 574. The van der Waals surface area contributed by atoms with Gasteiger partial charge in [0, 0.05) is 12.5 Å². The summed E-state index contributed by atoms with van der Waals surface area (Å²) in [5, 5.41) is 5.68. The van der Waals surface area contributed by atoms with Crippen molar-refractivity contribution in [3.63, 3.8) is 0 Å². The number of esters is 1. The fraction of sp³-hybridized carbons (Fsp3) is 0.783. The Kier molecular flexibility index (Phi) is 12.2. The van der Waals surface area contributed by atoms with E-state index in [1.54, 1.807) is 0 Å². The molecule has 7 heteroatoms. The van der Waals surface area contributed by atoms with Gasteiger partial charge in [0.1, 0.15) is 6.04 Å². The predicted molar refractivity (Wildman–Crippen MR) is 117 cm³/mol. The van der Waals surface area contributed by atoms with Gasteiger partial charge in [0.05, 0.1) is 13.7 Å². The maximum atomic E-state index is 13.3. The Morgan fingerprint density at radius 2 is 1.90 bits per heavy atom. The summed E-state index contributed by atoms with van der Waals surface area (Å²) in [5.74, 6) is -0.0956. The van der Waals surface area contributed by atoms with Gasteiger partial charge in [-0.2, -0.15) is 0 Å². The van der Waals surface area contributed by atoms with Crippen LogP contribution in [0.3, 0.4) is 0 Å². The van der Waals surface area contributed by atoms with Crippen molar-refractivity contribution in [2.75, 3.05) is 20.3 Å². The van der Waals surface area contributed by atoms with Crippen LogP contribution in [0.5, 0.6) is 0 Å². The van der Waals surface area contributed by atoms with Crippen molar-refractivity contribution in [3.8, 4) is 0 Å². The molecule has 7 nitrogen and oxygen atoms in total. The molecule has 2 N–H and O–H groups in total. The van der Waals surface area contributed by atoms with Gasteiger partial charge in [0.25, 0.3) is 0 Å². The first-order chi connectivity index (χ1) is 14.2. The highest BCUT2D eigenvalue weighted by Gasteiger charge is 2.31. The summed E-state index contributed by atoms with van der Waals surface area (Å²) in [6.45, 7) is 9.17. The predicted octanol–water partition coefficient (Wildman–Crippen LogP) is 3.83. The quantitative estimate of drug-likeness (QED) is 0.517. The Balaban J connectivity index is 3.12. The largest absolute Gasteiger partial charge is 0.467 e. The third-order valence-corrected chi connectivity index (χ3v) is 5.23. The van der Waals surface area contributed by atoms with Crippen molar-refractivity contribution in [3.05, 3.63) is 12.2 Å². The minimum atomic E-state index is -0.677. The second-order valence-electron chi connectivity index (χ2n) is 8.81. The lowest BCUT2D eigenvalue weighted by atomic mass is 9.81. The molecule has 1 heterocycles. The van der Waals surface area contributed by atoms with Gasteiger partial charge in [0.2, 0.25) is 5.91 Å². The van der Waals surface area contributed by atoms with Crippen LogP contribution in [-0.2, 0) is 19.1 Å². The van der Waals surface area contributed by atoms with Crippen LogP contribution in [0, 0.1) is 23.7 Å². The van der Waals surface area contributed by atoms with E-state index < -0.39 is 18.1 Å². The Hall–Kier alpha value is -2.05. The average molecular weight is 425 g/mol. The number of allylic oxidation sites excluding steroid dienone is 2. The Morgan fingerprint density at radius 1 is 1.17 bits per heavy atom. The molecule has 0 spiro atoms. The lowest BCUT2D eigenvalue weighted by molar-refractivity contribution is -0.146. The molecular formula is C23H40N2O5. The van der Waals surface area contributed by atoms with E-state index in [4.69, 9.17) is 9.47 Å². The molecule has 3 atom stereocenters. The molecule has 1 fully saturated rings. The summed E-state index contributed by atoms with van der Waals surface area (Å²) in [6, 6.07) is -0.677. The number of nitrogens with one attached hydrogen (secondary N) is 2. The van der Waals surface area contributed by atoms with Crippen molar-refractivity contribution in [2.45, 2.75) is 72.3 Å². The maximum absolute atomic E-state index is 13.3. The minimum Gasteiger partial charge on any atom is -0.467 e. The lowest BCUT2D eigenvalue weighted by Gasteiger charge is -2.28. The zero-order chi connectivity index (χ0) is 22.5. The number of cyclic esters (lactones) is 1. The molecule has 1 aliphatic heterocycles. The molecule has 0 bridgehead atoms. The highest BCUT2D eigenvalue weighted by Crippen LogP contribution is 2.27. The molecule has 30 heavy (non-hydrogen) atoms. The first-order valence-electron chi connectivity index (χ1n) is 11.2. The topological polar surface area (TPSA) is 93.7 Å². The van der Waals surface area contributed by atoms with Gasteiger partial charge in [-0.15, -0.1) is 0 Å². The van der Waals surface area contributed by atoms with Gasteiger partial charge in [-0.1, -0.05) is 39.8 Å². The monoisotopic (exact) mass is 424 g/mol. The van der Waals surface area contributed by atoms with Crippen LogP contribution < -0.4 is 10.6 Å². The van der Waals surface area contributed by atoms with Crippen LogP contribution in [0.4, 0.5) is 4.79 Å². The van der Waals surface area contributed by atoms with E-state index in [9.17, 15) is 14.4 Å². The van der Waals surface area contributed by atoms with Crippen LogP contribution in [0.25, 0.3) is 0 Å². The Labute approximate surface area is 181 Å². The van der Waals surface area contributed by atoms with Gasteiger partial charge in [-0.3, -0.25) is 4.79 Å². The van der Waals surface area contributed by atoms with E-state index in [0.717, 1.165) is 6.42 Å². The van der Waals surface area contributed by atoms with Gasteiger partial charge in [-0.25, -0.2) is 9.59 Å². The zero-order valence-corrected chi connectivity index (χ0v) is 19.2. The highest BCUT2D eigenvalue weighted by molar-refractivity contribution is 5.86.